The van der Waals surface area contributed by atoms with Crippen molar-refractivity contribution < 1.29 is 9.90 Å². The van der Waals surface area contributed by atoms with E-state index >= 15 is 0 Å². The summed E-state index contributed by atoms with van der Waals surface area (Å²) < 4.78 is 1.59. The van der Waals surface area contributed by atoms with Gasteiger partial charge in [-0.2, -0.15) is 5.10 Å². The van der Waals surface area contributed by atoms with E-state index in [-0.39, 0.29) is 18.1 Å². The Balaban J connectivity index is 1.70. The lowest BCUT2D eigenvalue weighted by Gasteiger charge is -2.21. The molecule has 0 fully saturated rings. The standard InChI is InChI=1S/C17H16Cl2N4O2S/c1-17(25,10-6-21-23(2)7-10)9-20-15(24)14-8-26-16(22-14)12-4-3-11(18)5-13(12)19/h3-8,25H,9H2,1-2H3,(H,20,24)/t17-/m0/s1. The zero-order chi connectivity index (χ0) is 18.9. The molecule has 2 aromatic heterocycles. The number of benzene rings is 1. The Morgan fingerprint density at radius 2 is 2.19 bits per heavy atom. The maximum atomic E-state index is 12.4. The number of nitrogens with zero attached hydrogens (tertiary/aromatic N) is 3. The highest BCUT2D eigenvalue weighted by atomic mass is 35.5. The van der Waals surface area contributed by atoms with E-state index < -0.39 is 5.60 Å². The minimum Gasteiger partial charge on any atom is -0.383 e. The van der Waals surface area contributed by atoms with Gasteiger partial charge in [0.2, 0.25) is 0 Å². The molecule has 2 heterocycles. The molecule has 0 radical (unpaired) electrons. The minimum atomic E-state index is -1.23. The van der Waals surface area contributed by atoms with Crippen molar-refractivity contribution in [3.05, 3.63) is 57.3 Å². The van der Waals surface area contributed by atoms with Crippen LogP contribution in [0.15, 0.2) is 36.0 Å². The van der Waals surface area contributed by atoms with Crippen molar-refractivity contribution in [2.75, 3.05) is 6.54 Å². The molecule has 6 nitrogen and oxygen atoms in total. The third-order valence-corrected chi connectivity index (χ3v) is 5.24. The number of amides is 1. The molecule has 1 aromatic carbocycles. The van der Waals surface area contributed by atoms with Crippen LogP contribution in [-0.4, -0.2) is 32.3 Å². The fourth-order valence-corrected chi connectivity index (χ4v) is 3.70. The van der Waals surface area contributed by atoms with E-state index in [1.165, 1.54) is 11.3 Å². The topological polar surface area (TPSA) is 80.0 Å². The zero-order valence-corrected chi connectivity index (χ0v) is 16.4. The van der Waals surface area contributed by atoms with Crippen molar-refractivity contribution in [3.63, 3.8) is 0 Å². The van der Waals surface area contributed by atoms with Gasteiger partial charge < -0.3 is 10.4 Å². The Bertz CT molecular complexity index is 952. The second kappa shape index (κ2) is 7.36. The minimum absolute atomic E-state index is 0.0338. The summed E-state index contributed by atoms with van der Waals surface area (Å²) in [5.74, 6) is -0.373. The van der Waals surface area contributed by atoms with Crippen LogP contribution in [0.1, 0.15) is 23.0 Å². The van der Waals surface area contributed by atoms with Gasteiger partial charge in [0.05, 0.1) is 17.8 Å². The molecule has 3 aromatic rings. The number of carbonyl (C=O) groups is 1. The van der Waals surface area contributed by atoms with E-state index in [9.17, 15) is 9.90 Å². The highest BCUT2D eigenvalue weighted by molar-refractivity contribution is 7.13. The largest absolute Gasteiger partial charge is 0.383 e. The molecular weight excluding hydrogens is 395 g/mol. The molecule has 0 unspecified atom stereocenters. The van der Waals surface area contributed by atoms with E-state index in [2.05, 4.69) is 15.4 Å². The van der Waals surface area contributed by atoms with Crippen LogP contribution in [-0.2, 0) is 12.6 Å². The molecule has 0 aliphatic carbocycles. The number of aryl methyl sites for hydroxylation is 1. The number of thiazole rings is 1. The Hall–Kier alpha value is -1.93. The lowest BCUT2D eigenvalue weighted by molar-refractivity contribution is 0.0524. The molecule has 9 heteroatoms. The molecule has 0 saturated heterocycles. The number of carbonyl (C=O) groups excluding carboxylic acids is 1. The number of hydrogen-bond acceptors (Lipinski definition) is 5. The van der Waals surface area contributed by atoms with Crippen LogP contribution in [0.25, 0.3) is 10.6 Å². The van der Waals surface area contributed by atoms with Crippen LogP contribution >= 0.6 is 34.5 Å². The maximum absolute atomic E-state index is 12.4. The lowest BCUT2D eigenvalue weighted by atomic mass is 10.00. The number of nitrogens with one attached hydrogen (secondary N) is 1. The van der Waals surface area contributed by atoms with Gasteiger partial charge in [0.15, 0.2) is 0 Å². The fourth-order valence-electron chi connectivity index (χ4n) is 2.31. The van der Waals surface area contributed by atoms with Gasteiger partial charge in [-0.3, -0.25) is 9.48 Å². The van der Waals surface area contributed by atoms with E-state index in [4.69, 9.17) is 23.2 Å². The molecule has 1 atom stereocenters. The SMILES string of the molecule is Cn1cc([C@@](C)(O)CNC(=O)c2csc(-c3ccc(Cl)cc3Cl)n2)cn1. The first-order valence-electron chi connectivity index (χ1n) is 7.67. The monoisotopic (exact) mass is 410 g/mol. The van der Waals surface area contributed by atoms with Crippen LogP contribution in [0.2, 0.25) is 10.0 Å². The van der Waals surface area contributed by atoms with Crippen LogP contribution in [0.4, 0.5) is 0 Å². The highest BCUT2D eigenvalue weighted by Crippen LogP contribution is 2.32. The van der Waals surface area contributed by atoms with Crippen molar-refractivity contribution in [1.29, 1.82) is 0 Å². The summed E-state index contributed by atoms with van der Waals surface area (Å²) in [6, 6.07) is 5.11. The van der Waals surface area contributed by atoms with Gasteiger partial charge >= 0.3 is 0 Å². The van der Waals surface area contributed by atoms with Crippen molar-refractivity contribution in [3.8, 4) is 10.6 Å². The highest BCUT2D eigenvalue weighted by Gasteiger charge is 2.26. The molecule has 0 aliphatic heterocycles. The van der Waals surface area contributed by atoms with Gasteiger partial charge in [-0.1, -0.05) is 23.2 Å². The third-order valence-electron chi connectivity index (χ3n) is 3.82. The van der Waals surface area contributed by atoms with Crippen molar-refractivity contribution >= 4 is 40.4 Å². The first-order valence-corrected chi connectivity index (χ1v) is 9.30. The molecule has 26 heavy (non-hydrogen) atoms. The summed E-state index contributed by atoms with van der Waals surface area (Å²) >= 11 is 13.4. The summed E-state index contributed by atoms with van der Waals surface area (Å²) in [5.41, 5.74) is 0.357. The number of aromatic nitrogens is 3. The second-order valence-corrected chi connectivity index (χ2v) is 7.72. The zero-order valence-electron chi connectivity index (χ0n) is 14.0. The first-order chi connectivity index (χ1) is 12.3. The van der Waals surface area contributed by atoms with E-state index in [1.54, 1.807) is 54.6 Å². The molecule has 2 N–H and O–H groups in total. The second-order valence-electron chi connectivity index (χ2n) is 6.02. The molecule has 3 rings (SSSR count). The van der Waals surface area contributed by atoms with Gasteiger partial charge in [-0.15, -0.1) is 11.3 Å². The Labute approximate surface area is 164 Å². The average molecular weight is 411 g/mol. The Morgan fingerprint density at radius 3 is 2.85 bits per heavy atom. The summed E-state index contributed by atoms with van der Waals surface area (Å²) in [6.45, 7) is 1.65. The summed E-state index contributed by atoms with van der Waals surface area (Å²) in [4.78, 5) is 16.7. The number of hydrogen-bond donors (Lipinski definition) is 2. The quantitative estimate of drug-likeness (QED) is 0.674. The number of aliphatic hydroxyl groups is 1. The molecule has 136 valence electrons. The number of rotatable bonds is 5. The molecule has 0 aliphatic rings. The molecular formula is C17H16Cl2N4O2S. The predicted octanol–water partition coefficient (Wildman–Crippen LogP) is 3.49. The van der Waals surface area contributed by atoms with E-state index in [0.717, 1.165) is 0 Å². The predicted molar refractivity (Wildman–Crippen MR) is 103 cm³/mol. The van der Waals surface area contributed by atoms with Crippen LogP contribution < -0.4 is 5.32 Å². The van der Waals surface area contributed by atoms with Crippen molar-refractivity contribution in [2.45, 2.75) is 12.5 Å². The van der Waals surface area contributed by atoms with Gasteiger partial charge in [-0.25, -0.2) is 4.98 Å². The fraction of sp³-hybridized carbons (Fsp3) is 0.235. The van der Waals surface area contributed by atoms with E-state index in [1.807, 2.05) is 0 Å². The van der Waals surface area contributed by atoms with Crippen LogP contribution in [0.3, 0.4) is 0 Å². The normalized spacial score (nSPS) is 13.4. The first kappa shape index (κ1) is 18.8. The maximum Gasteiger partial charge on any atom is 0.270 e. The average Bonchev–Trinajstić information content (AvgIpc) is 3.22. The van der Waals surface area contributed by atoms with E-state index in [0.29, 0.717) is 26.2 Å². The smallest absolute Gasteiger partial charge is 0.270 e. The molecule has 1 amide bonds. The van der Waals surface area contributed by atoms with Gasteiger partial charge in [0.1, 0.15) is 16.3 Å². The molecule has 0 bridgehead atoms. The molecule has 0 spiro atoms. The van der Waals surface area contributed by atoms with Crippen LogP contribution in [0.5, 0.6) is 0 Å². The number of halogens is 2. The molecule has 0 saturated carbocycles. The van der Waals surface area contributed by atoms with Gasteiger partial charge in [-0.05, 0) is 25.1 Å². The Kier molecular flexibility index (Phi) is 5.34. The van der Waals surface area contributed by atoms with Crippen molar-refractivity contribution in [1.82, 2.24) is 20.1 Å². The Morgan fingerprint density at radius 1 is 1.42 bits per heavy atom. The van der Waals surface area contributed by atoms with Gasteiger partial charge in [0, 0.05) is 34.8 Å². The van der Waals surface area contributed by atoms with Crippen LogP contribution in [0, 0.1) is 0 Å². The van der Waals surface area contributed by atoms with Crippen molar-refractivity contribution in [2.24, 2.45) is 7.05 Å². The lowest BCUT2D eigenvalue weighted by Crippen LogP contribution is -2.38. The summed E-state index contributed by atoms with van der Waals surface area (Å²) in [7, 11) is 1.76. The summed E-state index contributed by atoms with van der Waals surface area (Å²) in [6.07, 6.45) is 3.27. The van der Waals surface area contributed by atoms with Gasteiger partial charge in [0.25, 0.3) is 5.91 Å². The third kappa shape index (κ3) is 4.07. The summed E-state index contributed by atoms with van der Waals surface area (Å²) in [5, 5.41) is 20.5.